The summed E-state index contributed by atoms with van der Waals surface area (Å²) in [6, 6.07) is 0. The van der Waals surface area contributed by atoms with E-state index in [0.717, 1.165) is 31.3 Å². The minimum absolute atomic E-state index is 0.168. The SMILES string of the molecule is C=C1CC[C@@]2(C)C(=O)CCC[C@H]2[C@]1(C)CC(=O)OCC. The van der Waals surface area contributed by atoms with Crippen LogP contribution in [-0.4, -0.2) is 18.4 Å². The van der Waals surface area contributed by atoms with Gasteiger partial charge in [0, 0.05) is 17.3 Å². The Balaban J connectivity index is 2.30. The summed E-state index contributed by atoms with van der Waals surface area (Å²) in [5, 5.41) is 0. The molecule has 2 aliphatic carbocycles. The van der Waals surface area contributed by atoms with Crippen LogP contribution in [0, 0.1) is 16.7 Å². The molecule has 2 rings (SSSR count). The number of fused-ring (bicyclic) bond motifs is 1. The molecule has 3 heteroatoms. The van der Waals surface area contributed by atoms with Gasteiger partial charge in [0.15, 0.2) is 0 Å². The van der Waals surface area contributed by atoms with Crippen molar-refractivity contribution in [1.29, 1.82) is 0 Å². The molecule has 112 valence electrons. The number of rotatable bonds is 3. The third-order valence-electron chi connectivity index (χ3n) is 5.64. The van der Waals surface area contributed by atoms with Gasteiger partial charge in [0.1, 0.15) is 5.78 Å². The number of hydrogen-bond acceptors (Lipinski definition) is 3. The Kier molecular flexibility index (Phi) is 4.08. The van der Waals surface area contributed by atoms with Crippen LogP contribution in [0.25, 0.3) is 0 Å². The molecular formula is C17H26O3. The summed E-state index contributed by atoms with van der Waals surface area (Å²) in [5.74, 6) is 0.427. The Morgan fingerprint density at radius 2 is 2.10 bits per heavy atom. The van der Waals surface area contributed by atoms with Crippen molar-refractivity contribution >= 4 is 11.8 Å². The Bertz CT molecular complexity index is 440. The lowest BCUT2D eigenvalue weighted by molar-refractivity contribution is -0.152. The maximum Gasteiger partial charge on any atom is 0.306 e. The van der Waals surface area contributed by atoms with Gasteiger partial charge in [-0.2, -0.15) is 0 Å². The van der Waals surface area contributed by atoms with E-state index in [0.29, 0.717) is 25.2 Å². The molecule has 0 aromatic rings. The van der Waals surface area contributed by atoms with E-state index >= 15 is 0 Å². The van der Waals surface area contributed by atoms with Crippen LogP contribution in [-0.2, 0) is 14.3 Å². The minimum atomic E-state index is -0.296. The molecule has 0 bridgehead atoms. The summed E-state index contributed by atoms with van der Waals surface area (Å²) in [6.07, 6.45) is 4.71. The Hall–Kier alpha value is -1.12. The van der Waals surface area contributed by atoms with E-state index in [9.17, 15) is 9.59 Å². The fraction of sp³-hybridized carbons (Fsp3) is 0.765. The molecule has 0 heterocycles. The fourth-order valence-corrected chi connectivity index (χ4v) is 4.30. The van der Waals surface area contributed by atoms with E-state index in [-0.39, 0.29) is 22.7 Å². The van der Waals surface area contributed by atoms with Gasteiger partial charge in [-0.15, -0.1) is 0 Å². The van der Waals surface area contributed by atoms with E-state index < -0.39 is 0 Å². The van der Waals surface area contributed by atoms with Crippen molar-refractivity contribution in [1.82, 2.24) is 0 Å². The number of Topliss-reactive ketones (excluding diaryl/α,β-unsaturated/α-hetero) is 1. The van der Waals surface area contributed by atoms with Crippen molar-refractivity contribution in [2.45, 2.75) is 59.3 Å². The third-order valence-corrected chi connectivity index (χ3v) is 5.64. The monoisotopic (exact) mass is 278 g/mol. The predicted molar refractivity (Wildman–Crippen MR) is 78.2 cm³/mol. The van der Waals surface area contributed by atoms with Gasteiger partial charge < -0.3 is 4.74 Å². The first-order valence-electron chi connectivity index (χ1n) is 7.72. The minimum Gasteiger partial charge on any atom is -0.466 e. The van der Waals surface area contributed by atoms with Gasteiger partial charge >= 0.3 is 5.97 Å². The number of hydrogen-bond donors (Lipinski definition) is 0. The second kappa shape index (κ2) is 5.34. The lowest BCUT2D eigenvalue weighted by Gasteiger charge is -2.54. The molecule has 0 unspecified atom stereocenters. The van der Waals surface area contributed by atoms with Crippen molar-refractivity contribution < 1.29 is 14.3 Å². The zero-order valence-corrected chi connectivity index (χ0v) is 13.0. The Morgan fingerprint density at radius 1 is 1.40 bits per heavy atom. The van der Waals surface area contributed by atoms with Crippen LogP contribution in [0.5, 0.6) is 0 Å². The summed E-state index contributed by atoms with van der Waals surface area (Å²) in [6.45, 7) is 10.6. The number of carbonyl (C=O) groups is 2. The second-order valence-corrected chi connectivity index (χ2v) is 6.79. The van der Waals surface area contributed by atoms with Gasteiger partial charge in [0.2, 0.25) is 0 Å². The van der Waals surface area contributed by atoms with Crippen LogP contribution in [0.3, 0.4) is 0 Å². The first-order chi connectivity index (χ1) is 9.34. The smallest absolute Gasteiger partial charge is 0.306 e. The molecule has 2 saturated carbocycles. The fourth-order valence-electron chi connectivity index (χ4n) is 4.30. The van der Waals surface area contributed by atoms with Crippen molar-refractivity contribution in [2.75, 3.05) is 6.61 Å². The number of ether oxygens (including phenoxy) is 1. The molecule has 0 aliphatic heterocycles. The maximum absolute atomic E-state index is 12.4. The van der Waals surface area contributed by atoms with Crippen LogP contribution in [0.2, 0.25) is 0 Å². The molecule has 0 aromatic heterocycles. The van der Waals surface area contributed by atoms with Crippen LogP contribution in [0.1, 0.15) is 59.3 Å². The van der Waals surface area contributed by atoms with Crippen molar-refractivity contribution in [3.05, 3.63) is 12.2 Å². The molecule has 0 radical (unpaired) electrons. The molecule has 3 atom stereocenters. The van der Waals surface area contributed by atoms with Crippen molar-refractivity contribution in [2.24, 2.45) is 16.7 Å². The lowest BCUT2D eigenvalue weighted by atomic mass is 9.48. The topological polar surface area (TPSA) is 43.4 Å². The number of esters is 1. The van der Waals surface area contributed by atoms with Gasteiger partial charge in [-0.25, -0.2) is 0 Å². The molecule has 0 spiro atoms. The van der Waals surface area contributed by atoms with Crippen LogP contribution in [0.15, 0.2) is 12.2 Å². The van der Waals surface area contributed by atoms with Gasteiger partial charge in [-0.1, -0.05) is 26.0 Å². The van der Waals surface area contributed by atoms with Crippen LogP contribution < -0.4 is 0 Å². The number of ketones is 1. The van der Waals surface area contributed by atoms with Crippen molar-refractivity contribution in [3.63, 3.8) is 0 Å². The Morgan fingerprint density at radius 3 is 2.75 bits per heavy atom. The first-order valence-corrected chi connectivity index (χ1v) is 7.72. The maximum atomic E-state index is 12.4. The standard InChI is InChI=1S/C17H26O3/c1-5-20-15(19)11-17(4)12(2)9-10-16(3)13(17)7-6-8-14(16)18/h13H,2,5-11H2,1,3-4H3/t13-,16-,17-/m1/s1. The quantitative estimate of drug-likeness (QED) is 0.584. The highest BCUT2D eigenvalue weighted by atomic mass is 16.5. The lowest BCUT2D eigenvalue weighted by Crippen LogP contribution is -2.51. The summed E-state index contributed by atoms with van der Waals surface area (Å²) >= 11 is 0. The molecule has 0 N–H and O–H groups in total. The number of allylic oxidation sites excluding steroid dienone is 1. The average Bonchev–Trinajstić information content (AvgIpc) is 2.38. The van der Waals surface area contributed by atoms with Crippen LogP contribution >= 0.6 is 0 Å². The molecule has 3 nitrogen and oxygen atoms in total. The van der Waals surface area contributed by atoms with Gasteiger partial charge in [-0.05, 0) is 38.5 Å². The molecule has 2 fully saturated rings. The molecule has 0 aromatic carbocycles. The summed E-state index contributed by atoms with van der Waals surface area (Å²) < 4.78 is 5.13. The highest BCUT2D eigenvalue weighted by Crippen LogP contribution is 2.59. The van der Waals surface area contributed by atoms with Gasteiger partial charge in [0.05, 0.1) is 13.0 Å². The highest BCUT2D eigenvalue weighted by molar-refractivity contribution is 5.86. The third kappa shape index (κ3) is 2.32. The summed E-state index contributed by atoms with van der Waals surface area (Å²) in [7, 11) is 0. The normalized spacial score (nSPS) is 37.5. The summed E-state index contributed by atoms with van der Waals surface area (Å²) in [4.78, 5) is 24.4. The highest BCUT2D eigenvalue weighted by Gasteiger charge is 2.55. The second-order valence-electron chi connectivity index (χ2n) is 6.79. The van der Waals surface area contributed by atoms with E-state index in [1.54, 1.807) is 0 Å². The largest absolute Gasteiger partial charge is 0.466 e. The van der Waals surface area contributed by atoms with Gasteiger partial charge in [0.25, 0.3) is 0 Å². The first kappa shape index (κ1) is 15.3. The number of carbonyl (C=O) groups excluding carboxylic acids is 2. The molecule has 0 saturated heterocycles. The molecule has 0 amide bonds. The van der Waals surface area contributed by atoms with E-state index in [1.165, 1.54) is 0 Å². The van der Waals surface area contributed by atoms with Crippen LogP contribution in [0.4, 0.5) is 0 Å². The molecule has 2 aliphatic rings. The predicted octanol–water partition coefficient (Wildman–Crippen LogP) is 3.67. The van der Waals surface area contributed by atoms with E-state index in [2.05, 4.69) is 20.4 Å². The zero-order valence-electron chi connectivity index (χ0n) is 13.0. The Labute approximate surface area is 121 Å². The molecule has 20 heavy (non-hydrogen) atoms. The zero-order chi connectivity index (χ0) is 15.0. The van der Waals surface area contributed by atoms with Gasteiger partial charge in [-0.3, -0.25) is 9.59 Å². The van der Waals surface area contributed by atoms with E-state index in [1.807, 2.05) is 6.92 Å². The van der Waals surface area contributed by atoms with Crippen molar-refractivity contribution in [3.8, 4) is 0 Å². The summed E-state index contributed by atoms with van der Waals surface area (Å²) in [5.41, 5.74) is 0.540. The molecular weight excluding hydrogens is 252 g/mol. The average molecular weight is 278 g/mol. The van der Waals surface area contributed by atoms with E-state index in [4.69, 9.17) is 4.74 Å².